The van der Waals surface area contributed by atoms with Crippen molar-refractivity contribution in [1.82, 2.24) is 0 Å². The summed E-state index contributed by atoms with van der Waals surface area (Å²) in [7, 11) is 2.30. The number of esters is 1. The molecule has 1 aliphatic heterocycles. The van der Waals surface area contributed by atoms with Gasteiger partial charge in [-0.3, -0.25) is 9.59 Å². The maximum absolute atomic E-state index is 13.3. The summed E-state index contributed by atoms with van der Waals surface area (Å²) in [4.78, 5) is 25.5. The molecule has 0 aromatic heterocycles. The third-order valence-corrected chi connectivity index (χ3v) is 7.22. The average Bonchev–Trinajstić information content (AvgIpc) is 3.26. The minimum Gasteiger partial charge on any atom is -0.488 e. The van der Waals surface area contributed by atoms with E-state index in [-0.39, 0.29) is 30.0 Å². The van der Waals surface area contributed by atoms with Gasteiger partial charge < -0.3 is 14.0 Å². The van der Waals surface area contributed by atoms with E-state index >= 15 is 0 Å². The van der Waals surface area contributed by atoms with E-state index in [0.29, 0.717) is 18.8 Å². The van der Waals surface area contributed by atoms with Crippen molar-refractivity contribution in [3.8, 4) is 5.75 Å². The van der Waals surface area contributed by atoms with Gasteiger partial charge in [-0.15, -0.1) is 0 Å². The molecular formula is C33H46NO4+. The van der Waals surface area contributed by atoms with Crippen molar-refractivity contribution in [2.45, 2.75) is 46.5 Å². The molecule has 1 heterocycles. The Bertz CT molecular complexity index is 1030. The molecule has 0 aliphatic carbocycles. The summed E-state index contributed by atoms with van der Waals surface area (Å²) in [5.74, 6) is 0.712. The van der Waals surface area contributed by atoms with E-state index in [2.05, 4.69) is 20.6 Å². The van der Waals surface area contributed by atoms with E-state index < -0.39 is 0 Å². The summed E-state index contributed by atoms with van der Waals surface area (Å²) < 4.78 is 12.2. The molecule has 0 saturated carbocycles. The van der Waals surface area contributed by atoms with E-state index in [0.717, 1.165) is 28.3 Å². The van der Waals surface area contributed by atoms with E-state index in [4.69, 9.17) is 9.47 Å². The van der Waals surface area contributed by atoms with Crippen LogP contribution in [0.2, 0.25) is 0 Å². The van der Waals surface area contributed by atoms with Gasteiger partial charge in [-0.25, -0.2) is 0 Å². The Hall–Kier alpha value is -3.18. The lowest BCUT2D eigenvalue weighted by Crippen LogP contribution is -2.44. The molecule has 0 radical (unpaired) electrons. The molecule has 5 nitrogen and oxygen atoms in total. The second kappa shape index (κ2) is 15.9. The number of Topliss-reactive ketones (excluding diaryl/α,β-unsaturated/α-hetero) is 1. The number of ketones is 1. The van der Waals surface area contributed by atoms with Crippen molar-refractivity contribution < 1.29 is 23.5 Å². The highest BCUT2D eigenvalue weighted by Crippen LogP contribution is 2.31. The van der Waals surface area contributed by atoms with Gasteiger partial charge in [0.25, 0.3) is 0 Å². The number of hydrogen-bond acceptors (Lipinski definition) is 4. The van der Waals surface area contributed by atoms with Crippen molar-refractivity contribution in [3.63, 3.8) is 0 Å². The van der Waals surface area contributed by atoms with Gasteiger partial charge in [0, 0.05) is 29.7 Å². The lowest BCUT2D eigenvalue weighted by Gasteiger charge is -2.29. The highest BCUT2D eigenvalue weighted by molar-refractivity contribution is 5.98. The van der Waals surface area contributed by atoms with Gasteiger partial charge >= 0.3 is 5.97 Å². The Balaban J connectivity index is 0.000000926. The number of likely N-dealkylation sites (tertiary alicyclic amines) is 1. The molecule has 1 saturated heterocycles. The number of quaternary nitrogens is 1. The van der Waals surface area contributed by atoms with Crippen LogP contribution in [0.25, 0.3) is 0 Å². The van der Waals surface area contributed by atoms with Crippen LogP contribution < -0.4 is 4.74 Å². The Morgan fingerprint density at radius 3 is 2.34 bits per heavy atom. The quantitative estimate of drug-likeness (QED) is 0.133. The van der Waals surface area contributed by atoms with Gasteiger partial charge in [0.2, 0.25) is 0 Å². The van der Waals surface area contributed by atoms with Crippen LogP contribution in [0.15, 0.2) is 79.4 Å². The monoisotopic (exact) mass is 520 g/mol. The number of carbonyl (C=O) groups is 2. The van der Waals surface area contributed by atoms with Crippen LogP contribution in [0.4, 0.5) is 0 Å². The number of carbonyl (C=O) groups excluding carboxylic acids is 2. The van der Waals surface area contributed by atoms with E-state index in [1.165, 1.54) is 19.5 Å². The molecule has 4 unspecified atom stereocenters. The first-order chi connectivity index (χ1) is 18.2. The van der Waals surface area contributed by atoms with Gasteiger partial charge in [-0.2, -0.15) is 0 Å². The topological polar surface area (TPSA) is 52.6 Å². The minimum atomic E-state index is -0.356. The molecule has 206 valence electrons. The molecular weight excluding hydrogens is 474 g/mol. The second-order valence-electron chi connectivity index (χ2n) is 10.5. The molecule has 1 aliphatic rings. The minimum absolute atomic E-state index is 0.0174. The molecule has 0 spiro atoms. The summed E-state index contributed by atoms with van der Waals surface area (Å²) >= 11 is 0. The van der Waals surface area contributed by atoms with Crippen molar-refractivity contribution >= 4 is 11.8 Å². The van der Waals surface area contributed by atoms with Crippen LogP contribution in [0.3, 0.4) is 0 Å². The largest absolute Gasteiger partial charge is 0.488 e. The fraction of sp³-hybridized carbons (Fsp3) is 0.455. The Kier molecular flexibility index (Phi) is 13.0. The van der Waals surface area contributed by atoms with E-state index in [1.807, 2.05) is 80.6 Å². The number of allylic oxidation sites excluding steroid dienone is 3. The van der Waals surface area contributed by atoms with Crippen LogP contribution in [0, 0.1) is 11.8 Å². The smallest absolute Gasteiger partial charge is 0.306 e. The van der Waals surface area contributed by atoms with Crippen LogP contribution >= 0.6 is 0 Å². The molecule has 38 heavy (non-hydrogen) atoms. The fourth-order valence-corrected chi connectivity index (χ4v) is 5.03. The third kappa shape index (κ3) is 9.94. The number of benzene rings is 2. The standard InChI is InChI=1S/C28H38NO4.C5H8/c1-5-32-27(30)19-26(23-9-7-6-8-10-23)22(3)28(31)24-11-13-25(14-12-24)33-18-17-29(4)16-15-21(2)20-29;1-3-5-4-2/h6-14,21-22,26H,5,15-20H2,1-4H3;3-5H,1H2,2H3/q+1;/b;5-4-. The van der Waals surface area contributed by atoms with E-state index in [9.17, 15) is 9.59 Å². The first-order valence-corrected chi connectivity index (χ1v) is 13.8. The Morgan fingerprint density at radius 2 is 1.82 bits per heavy atom. The normalized spacial score (nSPS) is 20.2. The van der Waals surface area contributed by atoms with Crippen LogP contribution in [-0.2, 0) is 9.53 Å². The second-order valence-corrected chi connectivity index (χ2v) is 10.5. The Morgan fingerprint density at radius 1 is 1.13 bits per heavy atom. The summed E-state index contributed by atoms with van der Waals surface area (Å²) in [5, 5.41) is 0. The first kappa shape index (κ1) is 31.0. The predicted molar refractivity (Wildman–Crippen MR) is 155 cm³/mol. The summed E-state index contributed by atoms with van der Waals surface area (Å²) in [6.07, 6.45) is 7.04. The number of rotatable bonds is 12. The van der Waals surface area contributed by atoms with Crippen LogP contribution in [0.5, 0.6) is 5.75 Å². The first-order valence-electron chi connectivity index (χ1n) is 13.8. The fourth-order valence-electron chi connectivity index (χ4n) is 5.03. The van der Waals surface area contributed by atoms with Gasteiger partial charge in [0.05, 0.1) is 33.2 Å². The lowest BCUT2D eigenvalue weighted by molar-refractivity contribution is -0.899. The van der Waals surface area contributed by atoms with Gasteiger partial charge in [-0.05, 0) is 43.7 Å². The maximum Gasteiger partial charge on any atom is 0.306 e. The Labute approximate surface area is 229 Å². The van der Waals surface area contributed by atoms with Crippen molar-refractivity contribution in [2.75, 3.05) is 39.9 Å². The summed E-state index contributed by atoms with van der Waals surface area (Å²) in [6, 6.07) is 17.1. The molecule has 2 aromatic rings. The number of likely N-dealkylation sites (N-methyl/N-ethyl adjacent to an activating group) is 1. The molecule has 0 bridgehead atoms. The SMILES string of the molecule is C=C/C=C\C.CCOC(=O)CC(c1ccccc1)C(C)C(=O)c1ccc(OCC[N+]2(C)CCC(C)C2)cc1. The van der Waals surface area contributed by atoms with Gasteiger partial charge in [-0.1, -0.05) is 69.0 Å². The zero-order chi connectivity index (χ0) is 28.0. The van der Waals surface area contributed by atoms with Crippen molar-refractivity contribution in [2.24, 2.45) is 11.8 Å². The molecule has 0 amide bonds. The lowest BCUT2D eigenvalue weighted by atomic mass is 9.80. The zero-order valence-electron chi connectivity index (χ0n) is 23.9. The van der Waals surface area contributed by atoms with Crippen LogP contribution in [-0.4, -0.2) is 56.1 Å². The molecule has 3 rings (SSSR count). The molecule has 5 heteroatoms. The molecule has 0 N–H and O–H groups in total. The zero-order valence-corrected chi connectivity index (χ0v) is 23.9. The van der Waals surface area contributed by atoms with Gasteiger partial charge in [0.1, 0.15) is 18.9 Å². The highest BCUT2D eigenvalue weighted by Gasteiger charge is 2.32. The average molecular weight is 521 g/mol. The number of ether oxygens (including phenoxy) is 2. The van der Waals surface area contributed by atoms with Crippen LogP contribution in [0.1, 0.15) is 62.4 Å². The maximum atomic E-state index is 13.3. The predicted octanol–water partition coefficient (Wildman–Crippen LogP) is 6.86. The van der Waals surface area contributed by atoms with Crippen molar-refractivity contribution in [3.05, 3.63) is 90.5 Å². The number of hydrogen-bond donors (Lipinski definition) is 0. The van der Waals surface area contributed by atoms with Gasteiger partial charge in [0.15, 0.2) is 5.78 Å². The molecule has 2 aromatic carbocycles. The van der Waals surface area contributed by atoms with E-state index in [1.54, 1.807) is 13.0 Å². The summed E-state index contributed by atoms with van der Waals surface area (Å²) in [6.45, 7) is 15.8. The molecule has 4 atom stereocenters. The van der Waals surface area contributed by atoms with Crippen molar-refractivity contribution in [1.29, 1.82) is 0 Å². The highest BCUT2D eigenvalue weighted by atomic mass is 16.5. The number of nitrogens with zero attached hydrogens (tertiary/aromatic N) is 1. The third-order valence-electron chi connectivity index (χ3n) is 7.22. The summed E-state index contributed by atoms with van der Waals surface area (Å²) in [5.41, 5.74) is 1.60. The molecule has 1 fully saturated rings.